The molecule has 1 unspecified atom stereocenters. The normalized spacial score (nSPS) is 12.6. The van der Waals surface area contributed by atoms with Gasteiger partial charge in [0.2, 0.25) is 0 Å². The molecule has 0 heterocycles. The van der Waals surface area contributed by atoms with Crippen LogP contribution in [0.25, 0.3) is 0 Å². The Labute approximate surface area is 282 Å². The van der Waals surface area contributed by atoms with Crippen LogP contribution in [0.5, 0.6) is 0 Å². The van der Waals surface area contributed by atoms with E-state index in [1.54, 1.807) is 0 Å². The van der Waals surface area contributed by atoms with E-state index in [9.17, 15) is 13.0 Å². The van der Waals surface area contributed by atoms with Crippen LogP contribution in [0.2, 0.25) is 0 Å². The van der Waals surface area contributed by atoms with Crippen LogP contribution in [0, 0.1) is 0 Å². The quantitative estimate of drug-likeness (QED) is 0.109. The molecule has 1 aromatic rings. The Balaban J connectivity index is -0.000000202. The van der Waals surface area contributed by atoms with Gasteiger partial charge in [0, 0.05) is 0 Å². The fourth-order valence-electron chi connectivity index (χ4n) is 2.03. The molecule has 6 nitrogen and oxygen atoms in total. The zero-order valence-electron chi connectivity index (χ0n) is 18.1. The molecule has 0 fully saturated rings. The van der Waals surface area contributed by atoms with E-state index in [1.165, 1.54) is 5.56 Å². The number of hydrogen-bond acceptors (Lipinski definition) is 3. The summed E-state index contributed by atoms with van der Waals surface area (Å²) in [4.78, 5) is 15.8. The SMILES string of the molecule is O=P(O)(O)C(CCC/C=C/CCc1ccccc1)S(=O)(=O)O.[H-].[H-].[H-].[K+].[K+].[K+]. The van der Waals surface area contributed by atoms with Crippen LogP contribution >= 0.6 is 7.60 Å². The van der Waals surface area contributed by atoms with E-state index in [2.05, 4.69) is 0 Å². The van der Waals surface area contributed by atoms with E-state index in [4.69, 9.17) is 14.3 Å². The van der Waals surface area contributed by atoms with Crippen molar-refractivity contribution in [2.24, 2.45) is 0 Å². The third kappa shape index (κ3) is 16.3. The first-order valence-electron chi connectivity index (χ1n) is 6.91. The fraction of sp³-hybridized carbons (Fsp3) is 0.429. The maximum Gasteiger partial charge on any atom is 1.00 e. The number of benzene rings is 1. The maximum absolute atomic E-state index is 11.0. The van der Waals surface area contributed by atoms with Gasteiger partial charge in [0.25, 0.3) is 10.1 Å². The molecule has 1 atom stereocenters. The summed E-state index contributed by atoms with van der Waals surface area (Å²) in [7, 11) is -9.60. The van der Waals surface area contributed by atoms with Crippen LogP contribution < -0.4 is 154 Å². The molecule has 0 saturated heterocycles. The smallest absolute Gasteiger partial charge is 1.00 e. The van der Waals surface area contributed by atoms with Gasteiger partial charge in [-0.05, 0) is 37.7 Å². The molecular formula is C14H24K3O6PS. The number of aryl methyl sites for hydroxylation is 1. The molecule has 25 heavy (non-hydrogen) atoms. The summed E-state index contributed by atoms with van der Waals surface area (Å²) in [5, 5.41) is 0. The summed E-state index contributed by atoms with van der Waals surface area (Å²) in [6.45, 7) is 0. The van der Waals surface area contributed by atoms with Gasteiger partial charge in [0.15, 0.2) is 4.99 Å². The summed E-state index contributed by atoms with van der Waals surface area (Å²) >= 11 is 0. The standard InChI is InChI=1S/C14H21O6PS.3K.3H/c15-21(16,17)14(22(18,19)20)12-8-3-1-2-5-9-13-10-6-4-7-11-13;;;;;;/h1-2,4,6-7,10-11,14H,3,5,8-9,12H2,(H2,15,16,17)(H,18,19,20);;;;;;/q;3*+1;3*-1/b2-1+;;;;;;. The molecule has 1 rings (SSSR count). The summed E-state index contributed by atoms with van der Waals surface area (Å²) in [5.41, 5.74) is 1.22. The molecule has 11 heteroatoms. The monoisotopic (exact) mass is 468 g/mol. The predicted molar refractivity (Wildman–Crippen MR) is 88.5 cm³/mol. The van der Waals surface area contributed by atoms with E-state index in [1.807, 2.05) is 42.5 Å². The third-order valence-electron chi connectivity index (χ3n) is 3.15. The van der Waals surface area contributed by atoms with Gasteiger partial charge in [-0.25, -0.2) is 0 Å². The van der Waals surface area contributed by atoms with Gasteiger partial charge in [0.1, 0.15) is 0 Å². The summed E-state index contributed by atoms with van der Waals surface area (Å²) in [6, 6.07) is 9.95. The topological polar surface area (TPSA) is 112 Å². The first kappa shape index (κ1) is 33.6. The van der Waals surface area contributed by atoms with E-state index in [0.717, 1.165) is 12.8 Å². The van der Waals surface area contributed by atoms with Gasteiger partial charge in [0.05, 0.1) is 0 Å². The van der Waals surface area contributed by atoms with E-state index >= 15 is 0 Å². The average Bonchev–Trinajstić information content (AvgIpc) is 2.40. The zero-order valence-corrected chi connectivity index (χ0v) is 26.2. The molecule has 3 N–H and O–H groups in total. The largest absolute Gasteiger partial charge is 1.00 e. The molecule has 0 aliphatic carbocycles. The minimum atomic E-state index is -4.86. The second kappa shape index (κ2) is 17.6. The van der Waals surface area contributed by atoms with Crippen LogP contribution in [0.3, 0.4) is 0 Å². The molecular weight excluding hydrogens is 444 g/mol. The van der Waals surface area contributed by atoms with E-state index in [0.29, 0.717) is 6.42 Å². The van der Waals surface area contributed by atoms with Crippen molar-refractivity contribution in [3.05, 3.63) is 48.0 Å². The van der Waals surface area contributed by atoms with Crippen molar-refractivity contribution in [2.45, 2.75) is 37.1 Å². The second-order valence-electron chi connectivity index (χ2n) is 4.99. The van der Waals surface area contributed by atoms with Crippen LogP contribution in [0.1, 0.15) is 35.5 Å². The first-order valence-corrected chi connectivity index (χ1v) is 10.1. The Morgan fingerprint density at radius 2 is 1.56 bits per heavy atom. The Morgan fingerprint density at radius 1 is 1.04 bits per heavy atom. The summed E-state index contributed by atoms with van der Waals surface area (Å²) < 4.78 is 41.8. The van der Waals surface area contributed by atoms with E-state index < -0.39 is 22.7 Å². The van der Waals surface area contributed by atoms with Crippen molar-refractivity contribution in [2.75, 3.05) is 0 Å². The predicted octanol–water partition coefficient (Wildman–Crippen LogP) is -5.91. The number of hydrogen-bond donors (Lipinski definition) is 3. The van der Waals surface area contributed by atoms with Crippen molar-refractivity contribution in [1.29, 1.82) is 0 Å². The fourth-order valence-corrected chi connectivity index (χ4v) is 4.40. The van der Waals surface area contributed by atoms with Gasteiger partial charge in [-0.15, -0.1) is 0 Å². The molecule has 0 spiro atoms. The number of unbranched alkanes of at least 4 members (excludes halogenated alkanes) is 1. The van der Waals surface area contributed by atoms with Crippen LogP contribution in [0.4, 0.5) is 0 Å². The summed E-state index contributed by atoms with van der Waals surface area (Å²) in [5.74, 6) is 0. The first-order chi connectivity index (χ1) is 10.2. The van der Waals surface area contributed by atoms with Gasteiger partial charge < -0.3 is 14.1 Å². The molecule has 0 bridgehead atoms. The third-order valence-corrected chi connectivity index (χ3v) is 6.70. The van der Waals surface area contributed by atoms with Crippen LogP contribution in [-0.2, 0) is 21.1 Å². The average molecular weight is 469 g/mol. The minimum absolute atomic E-state index is 0. The molecule has 0 saturated carbocycles. The molecule has 1 aromatic carbocycles. The summed E-state index contributed by atoms with van der Waals surface area (Å²) in [6.07, 6.45) is 6.04. The second-order valence-corrected chi connectivity index (χ2v) is 8.74. The van der Waals surface area contributed by atoms with Crippen molar-refractivity contribution < 1.29 is 186 Å². The van der Waals surface area contributed by atoms with Crippen molar-refractivity contribution in [3.63, 3.8) is 0 Å². The minimum Gasteiger partial charge on any atom is -1.00 e. The zero-order chi connectivity index (χ0) is 16.6. The maximum atomic E-state index is 11.0. The molecule has 0 amide bonds. The molecule has 0 radical (unpaired) electrons. The molecule has 0 aliphatic rings. The Hall–Kier alpha value is 3.93. The van der Waals surface area contributed by atoms with Crippen LogP contribution in [-0.4, -0.2) is 27.7 Å². The van der Waals surface area contributed by atoms with Crippen LogP contribution in [0.15, 0.2) is 42.5 Å². The Kier molecular flexibility index (Phi) is 23.6. The molecule has 130 valence electrons. The molecule has 0 aliphatic heterocycles. The van der Waals surface area contributed by atoms with Crippen molar-refractivity contribution >= 4 is 17.7 Å². The van der Waals surface area contributed by atoms with Gasteiger partial charge in [-0.1, -0.05) is 42.5 Å². The van der Waals surface area contributed by atoms with Crippen molar-refractivity contribution in [1.82, 2.24) is 0 Å². The number of allylic oxidation sites excluding steroid dienone is 2. The van der Waals surface area contributed by atoms with E-state index in [-0.39, 0.29) is 171 Å². The Morgan fingerprint density at radius 3 is 2.04 bits per heavy atom. The van der Waals surface area contributed by atoms with Gasteiger partial charge >= 0.3 is 162 Å². The number of rotatable bonds is 9. The van der Waals surface area contributed by atoms with Gasteiger partial charge in [-0.2, -0.15) is 8.42 Å². The molecule has 0 aromatic heterocycles. The van der Waals surface area contributed by atoms with Gasteiger partial charge in [-0.3, -0.25) is 9.12 Å². The van der Waals surface area contributed by atoms with Crippen molar-refractivity contribution in [3.8, 4) is 0 Å². The Bertz CT molecular complexity index is 647.